The number of hydrogen-bond acceptors (Lipinski definition) is 4. The van der Waals surface area contributed by atoms with Gasteiger partial charge in [-0.1, -0.05) is 11.6 Å². The van der Waals surface area contributed by atoms with E-state index in [1.54, 1.807) is 30.3 Å². The molecule has 0 spiro atoms. The number of aromatic nitrogens is 2. The Morgan fingerprint density at radius 2 is 2.07 bits per heavy atom. The summed E-state index contributed by atoms with van der Waals surface area (Å²) in [4.78, 5) is 14.8. The number of carbonyl (C=O) groups is 1. The zero-order valence-electron chi connectivity index (χ0n) is 15.8. The average molecular weight is 415 g/mol. The van der Waals surface area contributed by atoms with Crippen LogP contribution in [0.4, 0.5) is 10.2 Å². The highest BCUT2D eigenvalue weighted by atomic mass is 35.5. The summed E-state index contributed by atoms with van der Waals surface area (Å²) >= 11 is 5.96. The number of H-pyrrole nitrogens is 1. The van der Waals surface area contributed by atoms with Crippen LogP contribution in [0.15, 0.2) is 48.5 Å². The first-order valence-electron chi connectivity index (χ1n) is 9.24. The van der Waals surface area contributed by atoms with E-state index in [9.17, 15) is 9.18 Å². The summed E-state index contributed by atoms with van der Waals surface area (Å²) in [7, 11) is 1.51. The van der Waals surface area contributed by atoms with E-state index in [1.165, 1.54) is 19.2 Å². The molecule has 8 heteroatoms. The summed E-state index contributed by atoms with van der Waals surface area (Å²) in [6.45, 7) is 1.42. The number of rotatable bonds is 5. The van der Waals surface area contributed by atoms with Gasteiger partial charge >= 0.3 is 0 Å². The Morgan fingerprint density at radius 1 is 1.28 bits per heavy atom. The molecule has 2 N–H and O–H groups in total. The molecule has 0 bridgehead atoms. The zero-order valence-corrected chi connectivity index (χ0v) is 16.5. The summed E-state index contributed by atoms with van der Waals surface area (Å²) in [6, 6.07) is 13.1. The second-order valence-electron chi connectivity index (χ2n) is 6.90. The van der Waals surface area contributed by atoms with Gasteiger partial charge in [0.15, 0.2) is 5.82 Å². The summed E-state index contributed by atoms with van der Waals surface area (Å²) < 4.78 is 18.4. The molecule has 4 rings (SSSR count). The number of hydrogen-bond donors (Lipinski definition) is 2. The lowest BCUT2D eigenvalue weighted by atomic mass is 10.1. The molecule has 0 radical (unpaired) electrons. The zero-order chi connectivity index (χ0) is 20.4. The molecule has 2 heterocycles. The third-order valence-corrected chi connectivity index (χ3v) is 5.21. The summed E-state index contributed by atoms with van der Waals surface area (Å²) in [6.07, 6.45) is 0.806. The summed E-state index contributed by atoms with van der Waals surface area (Å²) in [5.74, 6) is 0.773. The fourth-order valence-corrected chi connectivity index (χ4v) is 3.61. The molecule has 2 aromatic carbocycles. The van der Waals surface area contributed by atoms with Gasteiger partial charge in [-0.25, -0.2) is 4.39 Å². The molecule has 3 aromatic rings. The molecule has 1 aliphatic heterocycles. The molecule has 1 atom stereocenters. The molecular weight excluding hydrogens is 395 g/mol. The topological polar surface area (TPSA) is 70.2 Å². The molecule has 6 nitrogen and oxygen atoms in total. The van der Waals surface area contributed by atoms with Gasteiger partial charge in [0.25, 0.3) is 5.91 Å². The third-order valence-electron chi connectivity index (χ3n) is 4.98. The SMILES string of the molecule is COc1cc(Cl)ccc1C(=O)N[C@@H]1CCN(c2cc(-c3ccc(F)cc3)[nH]n2)C1. The maximum atomic E-state index is 13.1. The normalized spacial score (nSPS) is 16.1. The van der Waals surface area contributed by atoms with Crippen molar-refractivity contribution >= 4 is 23.3 Å². The number of aromatic amines is 1. The number of nitrogens with one attached hydrogen (secondary N) is 2. The number of amides is 1. The van der Waals surface area contributed by atoms with Crippen LogP contribution in [-0.2, 0) is 0 Å². The molecule has 0 saturated carbocycles. The molecule has 150 valence electrons. The molecule has 1 amide bonds. The van der Waals surface area contributed by atoms with Gasteiger partial charge in [-0.3, -0.25) is 9.89 Å². The number of anilines is 1. The van der Waals surface area contributed by atoms with Crippen LogP contribution < -0.4 is 15.0 Å². The van der Waals surface area contributed by atoms with E-state index in [1.807, 2.05) is 6.07 Å². The van der Waals surface area contributed by atoms with Crippen molar-refractivity contribution in [1.82, 2.24) is 15.5 Å². The second-order valence-corrected chi connectivity index (χ2v) is 7.33. The van der Waals surface area contributed by atoms with Crippen LogP contribution in [0.25, 0.3) is 11.3 Å². The van der Waals surface area contributed by atoms with Crippen LogP contribution in [0.1, 0.15) is 16.8 Å². The summed E-state index contributed by atoms with van der Waals surface area (Å²) in [5.41, 5.74) is 2.14. The van der Waals surface area contributed by atoms with Crippen molar-refractivity contribution < 1.29 is 13.9 Å². The lowest BCUT2D eigenvalue weighted by molar-refractivity contribution is 0.0937. The molecular formula is C21H20ClFN4O2. The number of benzene rings is 2. The Hall–Kier alpha value is -3.06. The van der Waals surface area contributed by atoms with Crippen molar-refractivity contribution in [3.63, 3.8) is 0 Å². The Morgan fingerprint density at radius 3 is 2.83 bits per heavy atom. The van der Waals surface area contributed by atoms with Crippen LogP contribution in [0, 0.1) is 5.82 Å². The minimum absolute atomic E-state index is 0.00569. The van der Waals surface area contributed by atoms with Crippen molar-refractivity contribution in [2.75, 3.05) is 25.1 Å². The highest BCUT2D eigenvalue weighted by Gasteiger charge is 2.27. The second kappa shape index (κ2) is 8.13. The highest BCUT2D eigenvalue weighted by Crippen LogP contribution is 2.26. The van der Waals surface area contributed by atoms with E-state index in [0.717, 1.165) is 30.0 Å². The van der Waals surface area contributed by atoms with Gasteiger partial charge in [0.2, 0.25) is 0 Å². The molecule has 1 aliphatic rings. The Balaban J connectivity index is 1.41. The van der Waals surface area contributed by atoms with Gasteiger partial charge in [0, 0.05) is 30.2 Å². The van der Waals surface area contributed by atoms with Gasteiger partial charge in [-0.2, -0.15) is 5.10 Å². The van der Waals surface area contributed by atoms with Crippen molar-refractivity contribution in [3.8, 4) is 17.0 Å². The molecule has 1 aromatic heterocycles. The van der Waals surface area contributed by atoms with Gasteiger partial charge in [0.05, 0.1) is 18.4 Å². The lowest BCUT2D eigenvalue weighted by Gasteiger charge is -2.17. The number of methoxy groups -OCH3 is 1. The molecule has 1 fully saturated rings. The molecule has 1 saturated heterocycles. The van der Waals surface area contributed by atoms with Gasteiger partial charge < -0.3 is 15.0 Å². The van der Waals surface area contributed by atoms with E-state index in [2.05, 4.69) is 20.4 Å². The number of nitrogens with zero attached hydrogens (tertiary/aromatic N) is 2. The van der Waals surface area contributed by atoms with Crippen molar-refractivity contribution in [2.45, 2.75) is 12.5 Å². The Labute approximate surface area is 172 Å². The summed E-state index contributed by atoms with van der Waals surface area (Å²) in [5, 5.41) is 10.9. The van der Waals surface area contributed by atoms with E-state index in [4.69, 9.17) is 16.3 Å². The maximum Gasteiger partial charge on any atom is 0.255 e. The van der Waals surface area contributed by atoms with Crippen LogP contribution >= 0.6 is 11.6 Å². The number of halogens is 2. The third kappa shape index (κ3) is 4.19. The smallest absolute Gasteiger partial charge is 0.255 e. The van der Waals surface area contributed by atoms with Crippen molar-refractivity contribution in [2.24, 2.45) is 0 Å². The fourth-order valence-electron chi connectivity index (χ4n) is 3.45. The minimum atomic E-state index is -0.274. The van der Waals surface area contributed by atoms with Crippen molar-refractivity contribution in [3.05, 3.63) is 64.9 Å². The highest BCUT2D eigenvalue weighted by molar-refractivity contribution is 6.30. The van der Waals surface area contributed by atoms with Crippen LogP contribution in [0.3, 0.4) is 0 Å². The first kappa shape index (κ1) is 19.3. The van der Waals surface area contributed by atoms with E-state index in [-0.39, 0.29) is 17.8 Å². The van der Waals surface area contributed by atoms with E-state index >= 15 is 0 Å². The molecule has 29 heavy (non-hydrogen) atoms. The monoisotopic (exact) mass is 414 g/mol. The van der Waals surface area contributed by atoms with E-state index < -0.39 is 0 Å². The van der Waals surface area contributed by atoms with Crippen molar-refractivity contribution in [1.29, 1.82) is 0 Å². The van der Waals surface area contributed by atoms with E-state index in [0.29, 0.717) is 22.9 Å². The standard InChI is InChI=1S/C21H20ClFN4O2/c1-29-19-10-14(22)4-7-17(19)21(28)24-16-8-9-27(12-16)20-11-18(25-26-20)13-2-5-15(23)6-3-13/h2-7,10-11,16H,8-9,12H2,1H3,(H,24,28)(H,25,26)/t16-/m1/s1. The lowest BCUT2D eigenvalue weighted by Crippen LogP contribution is -2.37. The van der Waals surface area contributed by atoms with Gasteiger partial charge in [-0.05, 0) is 54.4 Å². The molecule has 0 aliphatic carbocycles. The van der Waals surface area contributed by atoms with Crippen LogP contribution in [0.5, 0.6) is 5.75 Å². The average Bonchev–Trinajstić information content (AvgIpc) is 3.38. The largest absolute Gasteiger partial charge is 0.496 e. The van der Waals surface area contributed by atoms with Crippen LogP contribution in [0.2, 0.25) is 5.02 Å². The number of ether oxygens (including phenoxy) is 1. The maximum absolute atomic E-state index is 13.1. The predicted molar refractivity (Wildman–Crippen MR) is 110 cm³/mol. The Bertz CT molecular complexity index is 1020. The quantitative estimate of drug-likeness (QED) is 0.664. The molecule has 0 unspecified atom stereocenters. The first-order chi connectivity index (χ1) is 14.0. The first-order valence-corrected chi connectivity index (χ1v) is 9.62. The minimum Gasteiger partial charge on any atom is -0.496 e. The van der Waals surface area contributed by atoms with Gasteiger partial charge in [-0.15, -0.1) is 0 Å². The Kier molecular flexibility index (Phi) is 5.40. The van der Waals surface area contributed by atoms with Gasteiger partial charge in [0.1, 0.15) is 11.6 Å². The number of carbonyl (C=O) groups excluding carboxylic acids is 1. The predicted octanol–water partition coefficient (Wildman–Crippen LogP) is 3.89. The van der Waals surface area contributed by atoms with Crippen LogP contribution in [-0.4, -0.2) is 42.3 Å². The fraction of sp³-hybridized carbons (Fsp3) is 0.238.